The summed E-state index contributed by atoms with van der Waals surface area (Å²) in [6, 6.07) is 23.0. The van der Waals surface area contributed by atoms with E-state index in [0.29, 0.717) is 13.0 Å². The average Bonchev–Trinajstić information content (AvgIpc) is 3.31. The van der Waals surface area contributed by atoms with Crippen LogP contribution in [0.4, 0.5) is 4.39 Å². The number of nitrogens with zero attached hydrogens (tertiary/aromatic N) is 3. The number of methoxy groups -OCH3 is 1. The van der Waals surface area contributed by atoms with Crippen LogP contribution in [0.1, 0.15) is 36.0 Å². The summed E-state index contributed by atoms with van der Waals surface area (Å²) in [5.41, 5.74) is 4.35. The normalized spacial score (nSPS) is 15.2. The van der Waals surface area contributed by atoms with Crippen LogP contribution in [0.5, 0.6) is 5.75 Å². The van der Waals surface area contributed by atoms with Crippen molar-refractivity contribution in [2.75, 3.05) is 39.8 Å². The highest BCUT2D eigenvalue weighted by Gasteiger charge is 2.27. The molecule has 3 aromatic carbocycles. The molecule has 2 heterocycles. The number of amides is 1. The van der Waals surface area contributed by atoms with Crippen molar-refractivity contribution in [3.8, 4) is 5.75 Å². The molecule has 0 bridgehead atoms. The lowest BCUT2D eigenvalue weighted by molar-refractivity contribution is -0.133. The molecule has 0 N–H and O–H groups in total. The molecular formula is C31H34FN3O2. The van der Waals surface area contributed by atoms with Gasteiger partial charge in [0.1, 0.15) is 11.6 Å². The zero-order valence-electron chi connectivity index (χ0n) is 21.6. The van der Waals surface area contributed by atoms with Gasteiger partial charge in [0, 0.05) is 62.2 Å². The van der Waals surface area contributed by atoms with Gasteiger partial charge in [-0.05, 0) is 53.6 Å². The molecule has 5 nitrogen and oxygen atoms in total. The van der Waals surface area contributed by atoms with E-state index in [9.17, 15) is 9.18 Å². The van der Waals surface area contributed by atoms with Gasteiger partial charge in [-0.15, -0.1) is 0 Å². The summed E-state index contributed by atoms with van der Waals surface area (Å²) in [6.07, 6.45) is 2.58. The Kier molecular flexibility index (Phi) is 7.56. The Morgan fingerprint density at radius 3 is 2.32 bits per heavy atom. The second-order valence-electron chi connectivity index (χ2n) is 9.70. The fraction of sp³-hybridized carbons (Fsp3) is 0.323. The number of hydrogen-bond acceptors (Lipinski definition) is 3. The maximum atomic E-state index is 13.6. The highest BCUT2D eigenvalue weighted by atomic mass is 19.1. The smallest absolute Gasteiger partial charge is 0.223 e. The quantitative estimate of drug-likeness (QED) is 0.320. The van der Waals surface area contributed by atoms with Crippen molar-refractivity contribution in [3.05, 3.63) is 102 Å². The minimum atomic E-state index is -0.236. The van der Waals surface area contributed by atoms with E-state index >= 15 is 0 Å². The van der Waals surface area contributed by atoms with Crippen LogP contribution in [-0.2, 0) is 11.3 Å². The Morgan fingerprint density at radius 2 is 1.65 bits per heavy atom. The summed E-state index contributed by atoms with van der Waals surface area (Å²) in [5, 5.41) is 1.13. The number of benzene rings is 3. The average molecular weight is 500 g/mol. The number of fused-ring (bicyclic) bond motifs is 1. The first kappa shape index (κ1) is 25.0. The molecule has 1 saturated heterocycles. The maximum Gasteiger partial charge on any atom is 0.223 e. The molecule has 0 aliphatic carbocycles. The molecule has 1 fully saturated rings. The predicted octanol–water partition coefficient (Wildman–Crippen LogP) is 5.52. The molecule has 37 heavy (non-hydrogen) atoms. The second-order valence-corrected chi connectivity index (χ2v) is 9.70. The SMILES string of the molecule is CCN1CCN(C(=O)CC(c2ccc(OC)cc2)c2cn(Cc3ccc(F)cc3)c3ccccc23)CC1. The van der Waals surface area contributed by atoms with Gasteiger partial charge in [-0.25, -0.2) is 4.39 Å². The summed E-state index contributed by atoms with van der Waals surface area (Å²) in [6.45, 7) is 7.20. The lowest BCUT2D eigenvalue weighted by Crippen LogP contribution is -2.48. The van der Waals surface area contributed by atoms with E-state index in [1.807, 2.05) is 41.3 Å². The number of carbonyl (C=O) groups is 1. The van der Waals surface area contributed by atoms with Gasteiger partial charge in [0.15, 0.2) is 0 Å². The van der Waals surface area contributed by atoms with E-state index in [2.05, 4.69) is 46.9 Å². The lowest BCUT2D eigenvalue weighted by Gasteiger charge is -2.34. The molecule has 1 aliphatic rings. The maximum absolute atomic E-state index is 13.6. The highest BCUT2D eigenvalue weighted by molar-refractivity contribution is 5.87. The molecule has 0 spiro atoms. The van der Waals surface area contributed by atoms with Crippen LogP contribution < -0.4 is 4.74 Å². The first-order valence-electron chi connectivity index (χ1n) is 13.0. The molecule has 0 radical (unpaired) electrons. The third-order valence-corrected chi connectivity index (χ3v) is 7.53. The third-order valence-electron chi connectivity index (χ3n) is 7.53. The van der Waals surface area contributed by atoms with Crippen LogP contribution in [0.3, 0.4) is 0 Å². The summed E-state index contributed by atoms with van der Waals surface area (Å²) in [7, 11) is 1.66. The van der Waals surface area contributed by atoms with Crippen molar-refractivity contribution in [2.45, 2.75) is 25.8 Å². The number of para-hydroxylation sites is 1. The standard InChI is InChI=1S/C31H34FN3O2/c1-3-33-16-18-34(19-17-33)31(36)20-28(24-10-14-26(37-2)15-11-24)29-22-35(30-7-5-4-6-27(29)30)21-23-8-12-25(32)13-9-23/h4-15,22,28H,3,16-21H2,1-2H3. The largest absolute Gasteiger partial charge is 0.497 e. The minimum absolute atomic E-state index is 0.0954. The number of piperazine rings is 1. The van der Waals surface area contributed by atoms with Gasteiger partial charge in [0.05, 0.1) is 7.11 Å². The third kappa shape index (κ3) is 5.54. The second kappa shape index (κ2) is 11.2. The van der Waals surface area contributed by atoms with Gasteiger partial charge < -0.3 is 19.1 Å². The minimum Gasteiger partial charge on any atom is -0.497 e. The van der Waals surface area contributed by atoms with Crippen LogP contribution in [0, 0.1) is 5.82 Å². The number of ether oxygens (including phenoxy) is 1. The number of aromatic nitrogens is 1. The van der Waals surface area contributed by atoms with Crippen LogP contribution >= 0.6 is 0 Å². The van der Waals surface area contributed by atoms with E-state index in [1.165, 1.54) is 12.1 Å². The Balaban J connectivity index is 1.51. The van der Waals surface area contributed by atoms with E-state index in [1.54, 1.807) is 7.11 Å². The first-order chi connectivity index (χ1) is 18.1. The Bertz CT molecular complexity index is 1340. The number of carbonyl (C=O) groups excluding carboxylic acids is 1. The Labute approximate surface area is 218 Å². The zero-order chi connectivity index (χ0) is 25.8. The summed E-state index contributed by atoms with van der Waals surface area (Å²) in [4.78, 5) is 18.0. The number of likely N-dealkylation sites (N-methyl/N-ethyl adjacent to an activating group) is 1. The van der Waals surface area contributed by atoms with Crippen molar-refractivity contribution < 1.29 is 13.9 Å². The van der Waals surface area contributed by atoms with Gasteiger partial charge in [-0.1, -0.05) is 49.4 Å². The van der Waals surface area contributed by atoms with Crippen molar-refractivity contribution in [2.24, 2.45) is 0 Å². The molecule has 1 unspecified atom stereocenters. The monoisotopic (exact) mass is 499 g/mol. The van der Waals surface area contributed by atoms with Crippen LogP contribution in [-0.4, -0.2) is 60.1 Å². The topological polar surface area (TPSA) is 37.7 Å². The van der Waals surface area contributed by atoms with Crippen LogP contribution in [0.2, 0.25) is 0 Å². The molecule has 1 amide bonds. The summed E-state index contributed by atoms with van der Waals surface area (Å²) < 4.78 is 21.1. The molecular weight excluding hydrogens is 465 g/mol. The Hall–Kier alpha value is -3.64. The molecule has 5 rings (SSSR count). The molecule has 1 aromatic heterocycles. The number of halogens is 1. The van der Waals surface area contributed by atoms with Crippen molar-refractivity contribution in [3.63, 3.8) is 0 Å². The van der Waals surface area contributed by atoms with E-state index in [4.69, 9.17) is 4.74 Å². The van der Waals surface area contributed by atoms with Crippen molar-refractivity contribution >= 4 is 16.8 Å². The molecule has 1 aliphatic heterocycles. The highest BCUT2D eigenvalue weighted by Crippen LogP contribution is 2.36. The van der Waals surface area contributed by atoms with Crippen LogP contribution in [0.15, 0.2) is 79.0 Å². The van der Waals surface area contributed by atoms with Gasteiger partial charge in [0.25, 0.3) is 0 Å². The Morgan fingerprint density at radius 1 is 0.946 bits per heavy atom. The molecule has 6 heteroatoms. The summed E-state index contributed by atoms with van der Waals surface area (Å²) >= 11 is 0. The van der Waals surface area contributed by atoms with Gasteiger partial charge >= 0.3 is 0 Å². The first-order valence-corrected chi connectivity index (χ1v) is 13.0. The fourth-order valence-electron chi connectivity index (χ4n) is 5.33. The van der Waals surface area contributed by atoms with E-state index in [0.717, 1.165) is 66.1 Å². The van der Waals surface area contributed by atoms with Gasteiger partial charge in [-0.2, -0.15) is 0 Å². The van der Waals surface area contributed by atoms with Crippen molar-refractivity contribution in [1.82, 2.24) is 14.4 Å². The molecule has 0 saturated carbocycles. The van der Waals surface area contributed by atoms with Crippen LogP contribution in [0.25, 0.3) is 10.9 Å². The predicted molar refractivity (Wildman–Crippen MR) is 146 cm³/mol. The molecule has 4 aromatic rings. The van der Waals surface area contributed by atoms with Gasteiger partial charge in [0.2, 0.25) is 5.91 Å². The summed E-state index contributed by atoms with van der Waals surface area (Å²) in [5.74, 6) is 0.650. The van der Waals surface area contributed by atoms with E-state index < -0.39 is 0 Å². The van der Waals surface area contributed by atoms with Crippen molar-refractivity contribution in [1.29, 1.82) is 0 Å². The number of rotatable bonds is 8. The lowest BCUT2D eigenvalue weighted by atomic mass is 9.87. The van der Waals surface area contributed by atoms with Gasteiger partial charge in [-0.3, -0.25) is 4.79 Å². The fourth-order valence-corrected chi connectivity index (χ4v) is 5.33. The van der Waals surface area contributed by atoms with E-state index in [-0.39, 0.29) is 17.6 Å². The molecule has 1 atom stereocenters. The zero-order valence-corrected chi connectivity index (χ0v) is 21.6. The number of hydrogen-bond donors (Lipinski definition) is 0. The molecule has 192 valence electrons.